The van der Waals surface area contributed by atoms with Crippen molar-refractivity contribution >= 4 is 12.0 Å². The van der Waals surface area contributed by atoms with E-state index < -0.39 is 12.0 Å². The minimum absolute atomic E-state index is 0.264. The van der Waals surface area contributed by atoms with Crippen LogP contribution in [0.2, 0.25) is 0 Å². The molecular weight excluding hydrogens is 360 g/mol. The second kappa shape index (κ2) is 10.0. The molecule has 2 N–H and O–H groups in total. The minimum atomic E-state index is -0.636. The maximum Gasteiger partial charge on any atom is 0.338 e. The molecule has 1 heterocycles. The van der Waals surface area contributed by atoms with Crippen molar-refractivity contribution in [1.29, 1.82) is 0 Å². The topological polar surface area (TPSA) is 85.9 Å². The van der Waals surface area contributed by atoms with Crippen LogP contribution in [0.4, 0.5) is 4.79 Å². The average Bonchev–Trinajstić information content (AvgIpc) is 2.63. The SMILES string of the molecule is CCCCCOc1ccc(C2NC(=O)NC(C)=C2C(=O)OC(C)C)cc1OC. The molecule has 1 aliphatic heterocycles. The van der Waals surface area contributed by atoms with Crippen LogP contribution in [-0.2, 0) is 9.53 Å². The molecule has 0 bridgehead atoms. The van der Waals surface area contributed by atoms with E-state index in [0.717, 1.165) is 19.3 Å². The third kappa shape index (κ3) is 5.41. The van der Waals surface area contributed by atoms with Crippen LogP contribution in [0.3, 0.4) is 0 Å². The number of benzene rings is 1. The maximum absolute atomic E-state index is 12.6. The van der Waals surface area contributed by atoms with Gasteiger partial charge in [0.05, 0.1) is 31.4 Å². The summed E-state index contributed by atoms with van der Waals surface area (Å²) in [6.45, 7) is 8.00. The molecule has 2 amide bonds. The first-order valence-electron chi connectivity index (χ1n) is 9.67. The van der Waals surface area contributed by atoms with Crippen LogP contribution < -0.4 is 20.1 Å². The van der Waals surface area contributed by atoms with Gasteiger partial charge in [-0.05, 0) is 44.9 Å². The molecule has 1 atom stereocenters. The molecule has 154 valence electrons. The van der Waals surface area contributed by atoms with Crippen LogP contribution in [0.5, 0.6) is 11.5 Å². The molecule has 1 aromatic rings. The highest BCUT2D eigenvalue weighted by atomic mass is 16.5. The number of rotatable bonds is 9. The van der Waals surface area contributed by atoms with E-state index in [1.54, 1.807) is 40.0 Å². The van der Waals surface area contributed by atoms with E-state index in [0.29, 0.717) is 34.9 Å². The zero-order valence-corrected chi connectivity index (χ0v) is 17.3. The lowest BCUT2D eigenvalue weighted by Gasteiger charge is -2.29. The van der Waals surface area contributed by atoms with Gasteiger partial charge in [0.25, 0.3) is 0 Å². The number of hydrogen-bond donors (Lipinski definition) is 2. The van der Waals surface area contributed by atoms with Crippen LogP contribution in [0.25, 0.3) is 0 Å². The summed E-state index contributed by atoms with van der Waals surface area (Å²) in [5.41, 5.74) is 1.55. The Bertz CT molecular complexity index is 742. The number of amides is 2. The molecule has 0 radical (unpaired) electrons. The molecule has 0 fully saturated rings. The Balaban J connectivity index is 2.31. The summed E-state index contributed by atoms with van der Waals surface area (Å²) in [5.74, 6) is 0.717. The number of carbonyl (C=O) groups is 2. The number of urea groups is 1. The molecular formula is C21H30N2O5. The summed E-state index contributed by atoms with van der Waals surface area (Å²) in [5, 5.41) is 5.43. The van der Waals surface area contributed by atoms with Crippen molar-refractivity contribution in [2.45, 2.75) is 59.1 Å². The predicted octanol–water partition coefficient (Wildman–Crippen LogP) is 3.84. The largest absolute Gasteiger partial charge is 0.493 e. The van der Waals surface area contributed by atoms with Crippen molar-refractivity contribution in [2.24, 2.45) is 0 Å². The fraction of sp³-hybridized carbons (Fsp3) is 0.524. The second-order valence-electron chi connectivity index (χ2n) is 6.99. The van der Waals surface area contributed by atoms with Gasteiger partial charge in [-0.25, -0.2) is 9.59 Å². The first-order valence-corrected chi connectivity index (χ1v) is 9.67. The summed E-state index contributed by atoms with van der Waals surface area (Å²) in [7, 11) is 1.56. The van der Waals surface area contributed by atoms with Crippen molar-refractivity contribution in [3.63, 3.8) is 0 Å². The first kappa shape index (κ1) is 21.6. The van der Waals surface area contributed by atoms with E-state index in [1.165, 1.54) is 0 Å². The number of hydrogen-bond acceptors (Lipinski definition) is 5. The first-order chi connectivity index (χ1) is 13.4. The summed E-state index contributed by atoms with van der Waals surface area (Å²) in [6.07, 6.45) is 2.93. The number of allylic oxidation sites excluding steroid dienone is 1. The number of nitrogens with one attached hydrogen (secondary N) is 2. The van der Waals surface area contributed by atoms with Crippen LogP contribution >= 0.6 is 0 Å². The van der Waals surface area contributed by atoms with E-state index in [4.69, 9.17) is 14.2 Å². The average molecular weight is 390 g/mol. The van der Waals surface area contributed by atoms with Crippen molar-refractivity contribution in [2.75, 3.05) is 13.7 Å². The number of unbranched alkanes of at least 4 members (excludes halogenated alkanes) is 2. The maximum atomic E-state index is 12.6. The third-order valence-electron chi connectivity index (χ3n) is 4.36. The Morgan fingerprint density at radius 3 is 2.61 bits per heavy atom. The molecule has 7 heteroatoms. The van der Waals surface area contributed by atoms with Gasteiger partial charge in [0.1, 0.15) is 0 Å². The number of carbonyl (C=O) groups excluding carboxylic acids is 2. The summed E-state index contributed by atoms with van der Waals surface area (Å²) in [6, 6.07) is 4.39. The van der Waals surface area contributed by atoms with Gasteiger partial charge in [0.2, 0.25) is 0 Å². The van der Waals surface area contributed by atoms with E-state index in [2.05, 4.69) is 17.6 Å². The van der Waals surface area contributed by atoms with Crippen molar-refractivity contribution in [3.05, 3.63) is 35.0 Å². The van der Waals surface area contributed by atoms with Gasteiger partial charge in [0, 0.05) is 5.70 Å². The van der Waals surface area contributed by atoms with Gasteiger partial charge in [-0.1, -0.05) is 25.8 Å². The van der Waals surface area contributed by atoms with Crippen LogP contribution in [0.1, 0.15) is 58.6 Å². The highest BCUT2D eigenvalue weighted by Crippen LogP contribution is 2.34. The zero-order chi connectivity index (χ0) is 20.7. The molecule has 0 spiro atoms. The normalized spacial score (nSPS) is 16.5. The number of methoxy groups -OCH3 is 1. The van der Waals surface area contributed by atoms with E-state index >= 15 is 0 Å². The van der Waals surface area contributed by atoms with Gasteiger partial charge in [-0.2, -0.15) is 0 Å². The standard InChI is InChI=1S/C21H30N2O5/c1-6-7-8-11-27-16-10-9-15(12-17(16)26-5)19-18(20(24)28-13(2)3)14(4)22-21(25)23-19/h9-10,12-13,19H,6-8,11H2,1-5H3,(H2,22,23,25). The van der Waals surface area contributed by atoms with Gasteiger partial charge >= 0.3 is 12.0 Å². The summed E-state index contributed by atoms with van der Waals surface area (Å²) in [4.78, 5) is 24.6. The van der Waals surface area contributed by atoms with Crippen LogP contribution in [-0.4, -0.2) is 31.8 Å². The quantitative estimate of drug-likeness (QED) is 0.494. The third-order valence-corrected chi connectivity index (χ3v) is 4.36. The van der Waals surface area contributed by atoms with Gasteiger partial charge in [0.15, 0.2) is 11.5 Å². The summed E-state index contributed by atoms with van der Waals surface area (Å²) >= 11 is 0. The van der Waals surface area contributed by atoms with Gasteiger partial charge in [-0.15, -0.1) is 0 Å². The van der Waals surface area contributed by atoms with Crippen molar-refractivity contribution in [3.8, 4) is 11.5 Å². The van der Waals surface area contributed by atoms with E-state index in [-0.39, 0.29) is 12.1 Å². The molecule has 0 aliphatic carbocycles. The Kier molecular flexibility index (Phi) is 7.72. The highest BCUT2D eigenvalue weighted by molar-refractivity contribution is 5.95. The summed E-state index contributed by atoms with van der Waals surface area (Å²) < 4.78 is 16.6. The lowest BCUT2D eigenvalue weighted by Crippen LogP contribution is -2.45. The predicted molar refractivity (Wildman–Crippen MR) is 106 cm³/mol. The lowest BCUT2D eigenvalue weighted by atomic mass is 9.95. The molecule has 1 aliphatic rings. The molecule has 2 rings (SSSR count). The monoisotopic (exact) mass is 390 g/mol. The molecule has 28 heavy (non-hydrogen) atoms. The molecule has 0 aromatic heterocycles. The Hall–Kier alpha value is -2.70. The molecule has 1 aromatic carbocycles. The molecule has 1 unspecified atom stereocenters. The second-order valence-corrected chi connectivity index (χ2v) is 6.99. The fourth-order valence-corrected chi connectivity index (χ4v) is 3.01. The molecule has 7 nitrogen and oxygen atoms in total. The van der Waals surface area contributed by atoms with Crippen LogP contribution in [0, 0.1) is 0 Å². The highest BCUT2D eigenvalue weighted by Gasteiger charge is 2.33. The molecule has 0 saturated carbocycles. The number of esters is 1. The minimum Gasteiger partial charge on any atom is -0.493 e. The van der Waals surface area contributed by atoms with Crippen molar-refractivity contribution in [1.82, 2.24) is 10.6 Å². The van der Waals surface area contributed by atoms with Gasteiger partial charge < -0.3 is 24.8 Å². The van der Waals surface area contributed by atoms with E-state index in [1.807, 2.05) is 6.07 Å². The van der Waals surface area contributed by atoms with Crippen LogP contribution in [0.15, 0.2) is 29.5 Å². The Labute approximate surface area is 166 Å². The number of ether oxygens (including phenoxy) is 3. The lowest BCUT2D eigenvalue weighted by molar-refractivity contribution is -0.143. The fourth-order valence-electron chi connectivity index (χ4n) is 3.01. The van der Waals surface area contributed by atoms with E-state index in [9.17, 15) is 9.59 Å². The zero-order valence-electron chi connectivity index (χ0n) is 17.3. The van der Waals surface area contributed by atoms with Gasteiger partial charge in [-0.3, -0.25) is 0 Å². The smallest absolute Gasteiger partial charge is 0.338 e. The van der Waals surface area contributed by atoms with Crippen molar-refractivity contribution < 1.29 is 23.8 Å². The Morgan fingerprint density at radius 1 is 1.21 bits per heavy atom. The Morgan fingerprint density at radius 2 is 1.96 bits per heavy atom. The molecule has 0 saturated heterocycles.